The lowest BCUT2D eigenvalue weighted by atomic mass is 10.2. The minimum atomic E-state index is -0.683. The van der Waals surface area contributed by atoms with Crippen LogP contribution in [0.25, 0.3) is 0 Å². The van der Waals surface area contributed by atoms with Gasteiger partial charge in [-0.15, -0.1) is 0 Å². The van der Waals surface area contributed by atoms with Gasteiger partial charge in [0.25, 0.3) is 0 Å². The predicted molar refractivity (Wildman–Crippen MR) is 106 cm³/mol. The van der Waals surface area contributed by atoms with E-state index in [9.17, 15) is 14.4 Å². The average Bonchev–Trinajstić information content (AvgIpc) is 2.74. The lowest BCUT2D eigenvalue weighted by Gasteiger charge is -2.35. The van der Waals surface area contributed by atoms with Crippen LogP contribution in [0.4, 0.5) is 11.4 Å². The first-order chi connectivity index (χ1) is 13.6. The van der Waals surface area contributed by atoms with E-state index in [4.69, 9.17) is 4.74 Å². The minimum absolute atomic E-state index is 0.295. The molecule has 0 radical (unpaired) electrons. The second-order valence-electron chi connectivity index (χ2n) is 6.37. The summed E-state index contributed by atoms with van der Waals surface area (Å²) < 4.78 is 4.92. The van der Waals surface area contributed by atoms with Gasteiger partial charge in [-0.3, -0.25) is 9.59 Å². The summed E-state index contributed by atoms with van der Waals surface area (Å²) in [5.41, 5.74) is 1.96. The molecule has 1 N–H and O–H groups in total. The fourth-order valence-corrected chi connectivity index (χ4v) is 3.04. The number of nitrogens with one attached hydrogen (secondary N) is 1. The van der Waals surface area contributed by atoms with E-state index in [1.54, 1.807) is 36.1 Å². The maximum absolute atomic E-state index is 12.4. The van der Waals surface area contributed by atoms with Crippen LogP contribution in [-0.2, 0) is 14.3 Å². The van der Waals surface area contributed by atoms with Gasteiger partial charge in [0.05, 0.1) is 12.2 Å². The molecule has 3 rings (SSSR count). The average molecular weight is 381 g/mol. The summed E-state index contributed by atoms with van der Waals surface area (Å²) in [6.45, 7) is 4.36. The standard InChI is InChI=1S/C21H23N3O4/c1-2-28-21(27)16-8-10-17(11-9-16)22-19(25)20(26)24-14-12-23(13-15-24)18-6-4-3-5-7-18/h3-11H,2,12-15H2,1H3,(H,22,25). The number of benzene rings is 2. The molecule has 1 aliphatic heterocycles. The first kappa shape index (κ1) is 19.4. The first-order valence-electron chi connectivity index (χ1n) is 9.26. The molecule has 7 heteroatoms. The van der Waals surface area contributed by atoms with Crippen molar-refractivity contribution in [1.29, 1.82) is 0 Å². The maximum atomic E-state index is 12.4. The van der Waals surface area contributed by atoms with E-state index in [0.29, 0.717) is 44.0 Å². The Morgan fingerprint density at radius 3 is 2.18 bits per heavy atom. The van der Waals surface area contributed by atoms with Crippen molar-refractivity contribution in [3.05, 3.63) is 60.2 Å². The van der Waals surface area contributed by atoms with Crippen molar-refractivity contribution in [2.75, 3.05) is 43.0 Å². The molecule has 0 bridgehead atoms. The zero-order valence-corrected chi connectivity index (χ0v) is 15.8. The summed E-state index contributed by atoms with van der Waals surface area (Å²) in [5.74, 6) is -1.66. The zero-order valence-electron chi connectivity index (χ0n) is 15.8. The summed E-state index contributed by atoms with van der Waals surface area (Å²) in [5, 5.41) is 2.58. The van der Waals surface area contributed by atoms with Crippen LogP contribution in [0.5, 0.6) is 0 Å². The number of hydrogen-bond donors (Lipinski definition) is 1. The Hall–Kier alpha value is -3.35. The second-order valence-corrected chi connectivity index (χ2v) is 6.37. The molecule has 0 aromatic heterocycles. The normalized spacial score (nSPS) is 13.8. The fourth-order valence-electron chi connectivity index (χ4n) is 3.04. The van der Waals surface area contributed by atoms with Crippen LogP contribution in [0.1, 0.15) is 17.3 Å². The van der Waals surface area contributed by atoms with Crippen molar-refractivity contribution < 1.29 is 19.1 Å². The first-order valence-corrected chi connectivity index (χ1v) is 9.26. The van der Waals surface area contributed by atoms with Crippen LogP contribution in [0, 0.1) is 0 Å². The van der Waals surface area contributed by atoms with Gasteiger partial charge in [0.2, 0.25) is 0 Å². The monoisotopic (exact) mass is 381 g/mol. The number of nitrogens with zero attached hydrogens (tertiary/aromatic N) is 2. The molecule has 0 unspecified atom stereocenters. The van der Waals surface area contributed by atoms with Crippen LogP contribution < -0.4 is 10.2 Å². The van der Waals surface area contributed by atoms with Gasteiger partial charge < -0.3 is 19.9 Å². The lowest BCUT2D eigenvalue weighted by molar-refractivity contribution is -0.143. The highest BCUT2D eigenvalue weighted by atomic mass is 16.5. The Morgan fingerprint density at radius 1 is 0.929 bits per heavy atom. The number of rotatable bonds is 4. The van der Waals surface area contributed by atoms with Gasteiger partial charge in [0, 0.05) is 37.6 Å². The molecule has 2 amide bonds. The third kappa shape index (κ3) is 4.68. The number of ether oxygens (including phenoxy) is 1. The molecular formula is C21H23N3O4. The van der Waals surface area contributed by atoms with E-state index in [1.807, 2.05) is 30.3 Å². The second kappa shape index (κ2) is 9.03. The molecule has 146 valence electrons. The van der Waals surface area contributed by atoms with Crippen LogP contribution in [0.3, 0.4) is 0 Å². The van der Waals surface area contributed by atoms with Gasteiger partial charge in [-0.05, 0) is 43.3 Å². The van der Waals surface area contributed by atoms with Gasteiger partial charge in [-0.1, -0.05) is 18.2 Å². The third-order valence-electron chi connectivity index (χ3n) is 4.54. The van der Waals surface area contributed by atoms with Gasteiger partial charge in [0.1, 0.15) is 0 Å². The van der Waals surface area contributed by atoms with Crippen LogP contribution in [-0.4, -0.2) is 55.5 Å². The molecule has 1 aliphatic rings. The molecule has 0 aliphatic carbocycles. The molecule has 2 aromatic rings. The quantitative estimate of drug-likeness (QED) is 0.649. The third-order valence-corrected chi connectivity index (χ3v) is 4.54. The highest BCUT2D eigenvalue weighted by molar-refractivity contribution is 6.39. The van der Waals surface area contributed by atoms with E-state index in [2.05, 4.69) is 10.2 Å². The number of carbonyl (C=O) groups excluding carboxylic acids is 3. The van der Waals surface area contributed by atoms with Crippen molar-refractivity contribution in [3.63, 3.8) is 0 Å². The number of anilines is 2. The van der Waals surface area contributed by atoms with E-state index in [1.165, 1.54) is 0 Å². The van der Waals surface area contributed by atoms with Crippen LogP contribution >= 0.6 is 0 Å². The molecule has 1 heterocycles. The molecule has 1 saturated heterocycles. The number of piperazine rings is 1. The number of amides is 2. The maximum Gasteiger partial charge on any atom is 0.338 e. The van der Waals surface area contributed by atoms with Crippen molar-refractivity contribution in [2.24, 2.45) is 0 Å². The van der Waals surface area contributed by atoms with E-state index >= 15 is 0 Å². The van der Waals surface area contributed by atoms with Crippen LogP contribution in [0.15, 0.2) is 54.6 Å². The lowest BCUT2D eigenvalue weighted by Crippen LogP contribution is -2.51. The summed E-state index contributed by atoms with van der Waals surface area (Å²) >= 11 is 0. The van der Waals surface area contributed by atoms with E-state index in [0.717, 1.165) is 5.69 Å². The highest BCUT2D eigenvalue weighted by Crippen LogP contribution is 2.16. The topological polar surface area (TPSA) is 78.9 Å². The Labute approximate surface area is 163 Å². The van der Waals surface area contributed by atoms with Crippen molar-refractivity contribution in [1.82, 2.24) is 4.90 Å². The number of carbonyl (C=O) groups is 3. The number of hydrogen-bond acceptors (Lipinski definition) is 5. The molecule has 2 aromatic carbocycles. The number of para-hydroxylation sites is 1. The molecule has 28 heavy (non-hydrogen) atoms. The molecule has 0 spiro atoms. The Morgan fingerprint density at radius 2 is 1.57 bits per heavy atom. The highest BCUT2D eigenvalue weighted by Gasteiger charge is 2.26. The van der Waals surface area contributed by atoms with Gasteiger partial charge in [0.15, 0.2) is 0 Å². The van der Waals surface area contributed by atoms with E-state index in [-0.39, 0.29) is 0 Å². The van der Waals surface area contributed by atoms with Crippen LogP contribution in [0.2, 0.25) is 0 Å². The van der Waals surface area contributed by atoms with Gasteiger partial charge >= 0.3 is 17.8 Å². The molecule has 7 nitrogen and oxygen atoms in total. The summed E-state index contributed by atoms with van der Waals surface area (Å²) in [4.78, 5) is 40.1. The summed E-state index contributed by atoms with van der Waals surface area (Å²) in [6, 6.07) is 16.2. The Bertz CT molecular complexity index is 828. The van der Waals surface area contributed by atoms with Crippen molar-refractivity contribution in [3.8, 4) is 0 Å². The molecule has 0 saturated carbocycles. The fraction of sp³-hybridized carbons (Fsp3) is 0.286. The SMILES string of the molecule is CCOC(=O)c1ccc(NC(=O)C(=O)N2CCN(c3ccccc3)CC2)cc1. The minimum Gasteiger partial charge on any atom is -0.462 e. The molecular weight excluding hydrogens is 358 g/mol. The molecule has 1 fully saturated rings. The van der Waals surface area contributed by atoms with E-state index < -0.39 is 17.8 Å². The summed E-state index contributed by atoms with van der Waals surface area (Å²) in [6.07, 6.45) is 0. The van der Waals surface area contributed by atoms with Gasteiger partial charge in [-0.2, -0.15) is 0 Å². The predicted octanol–water partition coefficient (Wildman–Crippen LogP) is 2.15. The Balaban J connectivity index is 1.52. The smallest absolute Gasteiger partial charge is 0.338 e. The van der Waals surface area contributed by atoms with Crippen molar-refractivity contribution >= 4 is 29.2 Å². The zero-order chi connectivity index (χ0) is 19.9. The summed E-state index contributed by atoms with van der Waals surface area (Å²) in [7, 11) is 0. The largest absolute Gasteiger partial charge is 0.462 e. The van der Waals surface area contributed by atoms with Gasteiger partial charge in [-0.25, -0.2) is 4.79 Å². The number of esters is 1. The Kier molecular flexibility index (Phi) is 6.26. The van der Waals surface area contributed by atoms with Crippen molar-refractivity contribution in [2.45, 2.75) is 6.92 Å². The molecule has 0 atom stereocenters.